The van der Waals surface area contributed by atoms with E-state index >= 15 is 0 Å². The van der Waals surface area contributed by atoms with Crippen molar-refractivity contribution in [2.75, 3.05) is 25.1 Å². The highest BCUT2D eigenvalue weighted by molar-refractivity contribution is 7.41. The molecule has 0 bridgehead atoms. The minimum absolute atomic E-state index is 0.0171. The Labute approximate surface area is 261 Å². The van der Waals surface area contributed by atoms with Crippen LogP contribution in [0.3, 0.4) is 0 Å². The van der Waals surface area contributed by atoms with Crippen LogP contribution >= 0.6 is 8.58 Å². The highest BCUT2D eigenvalue weighted by atomic mass is 31.1. The average Bonchev–Trinajstić information content (AvgIpc) is 3.02. The predicted octanol–water partition coefficient (Wildman–Crippen LogP) is 7.28. The van der Waals surface area contributed by atoms with E-state index in [1.165, 1.54) is 25.1 Å². The molecule has 2 aliphatic rings. The van der Waals surface area contributed by atoms with Gasteiger partial charge in [0.15, 0.2) is 0 Å². The number of hydrogen-bond donors (Lipinski definition) is 4. The van der Waals surface area contributed by atoms with Crippen molar-refractivity contribution in [3.05, 3.63) is 83.7 Å². The summed E-state index contributed by atoms with van der Waals surface area (Å²) in [5.74, 6) is -1.56. The van der Waals surface area contributed by atoms with E-state index in [1.54, 1.807) is 0 Å². The molecule has 236 valence electrons. The second kappa shape index (κ2) is 15.4. The number of amidine groups is 1. The van der Waals surface area contributed by atoms with Crippen LogP contribution in [-0.4, -0.2) is 58.9 Å². The zero-order valence-corrected chi connectivity index (χ0v) is 26.7. The van der Waals surface area contributed by atoms with Crippen LogP contribution in [0.25, 0.3) is 0 Å². The summed E-state index contributed by atoms with van der Waals surface area (Å²) in [6.07, 6.45) is 13.9. The maximum atomic E-state index is 15.0. The summed E-state index contributed by atoms with van der Waals surface area (Å²) in [6, 6.07) is 11.7. The molecule has 0 spiro atoms. The number of allylic oxidation sites excluding steroid dienone is 3. The van der Waals surface area contributed by atoms with Crippen molar-refractivity contribution in [1.82, 2.24) is 10.2 Å². The number of carbonyl (C=O) groups excluding carboxylic acids is 1. The van der Waals surface area contributed by atoms with Gasteiger partial charge in [-0.1, -0.05) is 80.8 Å². The van der Waals surface area contributed by atoms with E-state index in [0.29, 0.717) is 14.7 Å². The SMILES string of the molecule is CC(Oc1cc(NC(=O)N(C)C(=N)CPC2(C)C=CC=CC2CNCc2ccccc2)c(F)cc1C(=O)O)C1CCCCC1. The Morgan fingerprint density at radius 1 is 1.18 bits per heavy atom. The van der Waals surface area contributed by atoms with Gasteiger partial charge in [-0.2, -0.15) is 0 Å². The van der Waals surface area contributed by atoms with E-state index < -0.39 is 17.8 Å². The first kappa shape index (κ1) is 33.3. The van der Waals surface area contributed by atoms with Crippen LogP contribution in [0.4, 0.5) is 14.9 Å². The van der Waals surface area contributed by atoms with Gasteiger partial charge < -0.3 is 20.5 Å². The van der Waals surface area contributed by atoms with Gasteiger partial charge in [-0.3, -0.25) is 10.3 Å². The molecule has 0 radical (unpaired) electrons. The van der Waals surface area contributed by atoms with E-state index in [4.69, 9.17) is 10.1 Å². The number of amides is 2. The fourth-order valence-corrected chi connectivity index (χ4v) is 7.20. The van der Waals surface area contributed by atoms with E-state index in [1.807, 2.05) is 37.3 Å². The van der Waals surface area contributed by atoms with E-state index in [-0.39, 0.29) is 45.9 Å². The fraction of sp³-hybridized carbons (Fsp3) is 0.441. The number of aromatic carboxylic acids is 1. The van der Waals surface area contributed by atoms with Crippen molar-refractivity contribution in [2.24, 2.45) is 11.8 Å². The highest BCUT2D eigenvalue weighted by Gasteiger charge is 2.32. The molecule has 44 heavy (non-hydrogen) atoms. The lowest BCUT2D eigenvalue weighted by molar-refractivity contribution is 0.0681. The molecular formula is C34H44FN4O4P. The number of carboxylic acids is 1. The molecule has 8 nitrogen and oxygen atoms in total. The van der Waals surface area contributed by atoms with Crippen LogP contribution < -0.4 is 15.4 Å². The van der Waals surface area contributed by atoms with Gasteiger partial charge >= 0.3 is 12.0 Å². The van der Waals surface area contributed by atoms with Crippen LogP contribution in [0.15, 0.2) is 66.8 Å². The monoisotopic (exact) mass is 622 g/mol. The van der Waals surface area contributed by atoms with E-state index in [2.05, 4.69) is 41.8 Å². The van der Waals surface area contributed by atoms with Gasteiger partial charge in [-0.25, -0.2) is 14.0 Å². The topological polar surface area (TPSA) is 115 Å². The number of halogens is 1. The lowest BCUT2D eigenvalue weighted by Crippen LogP contribution is -2.40. The highest BCUT2D eigenvalue weighted by Crippen LogP contribution is 2.42. The number of nitrogens with one attached hydrogen (secondary N) is 3. The summed E-state index contributed by atoms with van der Waals surface area (Å²) in [4.78, 5) is 26.1. The Hall–Kier alpha value is -3.55. The van der Waals surface area contributed by atoms with Crippen molar-refractivity contribution in [2.45, 2.75) is 63.8 Å². The van der Waals surface area contributed by atoms with Crippen LogP contribution in [0, 0.1) is 23.1 Å². The quantitative estimate of drug-likeness (QED) is 0.113. The average molecular weight is 623 g/mol. The van der Waals surface area contributed by atoms with Crippen molar-refractivity contribution in [3.63, 3.8) is 0 Å². The summed E-state index contributed by atoms with van der Waals surface area (Å²) in [7, 11) is 1.81. The van der Waals surface area contributed by atoms with Crippen molar-refractivity contribution < 1.29 is 23.8 Å². The molecule has 4 N–H and O–H groups in total. The number of nitrogens with zero attached hydrogens (tertiary/aromatic N) is 1. The summed E-state index contributed by atoms with van der Waals surface area (Å²) in [6.45, 7) is 5.62. The first-order valence-corrected chi connectivity index (χ1v) is 16.5. The largest absolute Gasteiger partial charge is 0.489 e. The summed E-state index contributed by atoms with van der Waals surface area (Å²) in [5.41, 5.74) is 0.735. The molecule has 4 unspecified atom stereocenters. The normalized spacial score (nSPS) is 20.9. The molecule has 0 saturated heterocycles. The first-order chi connectivity index (χ1) is 21.1. The molecule has 4 atom stereocenters. The maximum absolute atomic E-state index is 15.0. The third-order valence-corrected chi connectivity index (χ3v) is 10.5. The van der Waals surface area contributed by atoms with Crippen LogP contribution in [0.5, 0.6) is 5.75 Å². The summed E-state index contributed by atoms with van der Waals surface area (Å²) < 4.78 is 21.0. The number of carboxylic acid groups (broad SMARTS) is 1. The molecular weight excluding hydrogens is 578 g/mol. The molecule has 0 aliphatic heterocycles. The number of ether oxygens (including phenoxy) is 1. The van der Waals surface area contributed by atoms with Crippen molar-refractivity contribution in [3.8, 4) is 5.75 Å². The lowest BCUT2D eigenvalue weighted by atomic mass is 9.86. The van der Waals surface area contributed by atoms with E-state index in [0.717, 1.165) is 49.7 Å². The minimum Gasteiger partial charge on any atom is -0.489 e. The number of anilines is 1. The number of benzene rings is 2. The van der Waals surface area contributed by atoms with Gasteiger partial charge in [-0.15, -0.1) is 8.58 Å². The standard InChI is InChI=1S/C34H44FN4O4P/c1-23(25-14-8-5-9-15-25)43-30-19-29(28(35)18-27(30)32(40)41)38-33(42)39(3)31(36)22-44-34(2)17-11-10-16-26(34)21-37-20-24-12-6-4-7-13-24/h4,6-7,10-13,16-19,23,25-26,36-37,44H,5,8-9,14-15,20-22H2,1-3H3,(H,38,42)(H,40,41). The molecule has 1 fully saturated rings. The van der Waals surface area contributed by atoms with Crippen LogP contribution in [0.2, 0.25) is 0 Å². The molecule has 2 aromatic rings. The van der Waals surface area contributed by atoms with Gasteiger partial charge in [-0.05, 0) is 37.3 Å². The second-order valence-electron chi connectivity index (χ2n) is 11.9. The molecule has 1 saturated carbocycles. The molecule has 2 aromatic carbocycles. The Bertz CT molecular complexity index is 1380. The number of hydrogen-bond acceptors (Lipinski definition) is 5. The Balaban J connectivity index is 1.36. The molecule has 10 heteroatoms. The molecule has 4 rings (SSSR count). The molecule has 0 heterocycles. The summed E-state index contributed by atoms with van der Waals surface area (Å²) >= 11 is 0. The van der Waals surface area contributed by atoms with Gasteiger partial charge in [0, 0.05) is 43.4 Å². The molecule has 2 amide bonds. The third-order valence-electron chi connectivity index (χ3n) is 8.72. The van der Waals surface area contributed by atoms with Gasteiger partial charge in [0.05, 0.1) is 11.8 Å². The molecule has 2 aliphatic carbocycles. The zero-order valence-electron chi connectivity index (χ0n) is 25.7. The van der Waals surface area contributed by atoms with Gasteiger partial charge in [0.25, 0.3) is 0 Å². The maximum Gasteiger partial charge on any atom is 0.339 e. The van der Waals surface area contributed by atoms with Crippen molar-refractivity contribution >= 4 is 32.1 Å². The first-order valence-electron chi connectivity index (χ1n) is 15.3. The number of carbonyl (C=O) groups is 2. The Kier molecular flexibility index (Phi) is 11.7. The van der Waals surface area contributed by atoms with Gasteiger partial charge in [0.1, 0.15) is 23.0 Å². The Morgan fingerprint density at radius 2 is 1.91 bits per heavy atom. The number of urea groups is 1. The lowest BCUT2D eigenvalue weighted by Gasteiger charge is -2.36. The third kappa shape index (κ3) is 8.76. The predicted molar refractivity (Wildman–Crippen MR) is 176 cm³/mol. The minimum atomic E-state index is -1.30. The van der Waals surface area contributed by atoms with Crippen LogP contribution in [0.1, 0.15) is 61.9 Å². The second-order valence-corrected chi connectivity index (χ2v) is 13.7. The van der Waals surface area contributed by atoms with Gasteiger partial charge in [0.2, 0.25) is 0 Å². The van der Waals surface area contributed by atoms with Crippen molar-refractivity contribution in [1.29, 1.82) is 5.41 Å². The number of rotatable bonds is 12. The Morgan fingerprint density at radius 3 is 2.61 bits per heavy atom. The van der Waals surface area contributed by atoms with Crippen LogP contribution in [-0.2, 0) is 6.54 Å². The summed E-state index contributed by atoms with van der Waals surface area (Å²) in [5, 5.41) is 24.2. The zero-order chi connectivity index (χ0) is 31.7. The fourth-order valence-electron chi connectivity index (χ4n) is 5.74. The molecule has 0 aromatic heterocycles. The van der Waals surface area contributed by atoms with E-state index in [9.17, 15) is 19.1 Å². The smallest absolute Gasteiger partial charge is 0.339 e.